The van der Waals surface area contributed by atoms with E-state index in [1.807, 2.05) is 32.0 Å². The molecule has 0 radical (unpaired) electrons. The molecule has 32 heavy (non-hydrogen) atoms. The summed E-state index contributed by atoms with van der Waals surface area (Å²) < 4.78 is 18.6. The van der Waals surface area contributed by atoms with E-state index in [9.17, 15) is 14.5 Å². The quantitative estimate of drug-likeness (QED) is 0.449. The number of carbonyl (C=O) groups excluding carboxylic acids is 1. The Hall–Kier alpha value is -2.36. The van der Waals surface area contributed by atoms with Gasteiger partial charge in [-0.05, 0) is 42.7 Å². The predicted octanol–water partition coefficient (Wildman–Crippen LogP) is 3.28. The number of carbonyl (C=O) groups is 1. The zero-order valence-corrected chi connectivity index (χ0v) is 19.4. The number of aliphatic hydroxyl groups excluding tert-OH is 2. The van der Waals surface area contributed by atoms with Gasteiger partial charge in [-0.3, -0.25) is 4.79 Å². The third-order valence-electron chi connectivity index (χ3n) is 4.69. The van der Waals surface area contributed by atoms with Crippen molar-refractivity contribution in [1.29, 1.82) is 0 Å². The molecule has 3 rings (SSSR count). The Morgan fingerprint density at radius 3 is 2.72 bits per heavy atom. The molecule has 9 heteroatoms. The van der Waals surface area contributed by atoms with Crippen LogP contribution in [-0.4, -0.2) is 51.7 Å². The van der Waals surface area contributed by atoms with E-state index in [2.05, 4.69) is 4.99 Å². The maximum Gasteiger partial charge on any atom is 0.332 e. The standard InChI is InChI=1S/C23H25ClN2O5S/c1-3-10-25-23-26(19-7-5-4-6-15(19)2)22(29)21(32(23)30)12-16-8-9-20(18(24)11-16)31-14-17(28)13-27/h4-9,11-12,17,27-28H,3,10,13-14H2,1-2H3/b21-12+,25-23-/t17-,32?/m0/s1. The first-order valence-electron chi connectivity index (χ1n) is 10.2. The second-order valence-corrected chi connectivity index (χ2v) is 8.96. The molecule has 1 saturated heterocycles. The molecule has 0 aliphatic carbocycles. The Morgan fingerprint density at radius 1 is 1.31 bits per heavy atom. The van der Waals surface area contributed by atoms with Crippen molar-refractivity contribution in [2.45, 2.75) is 26.4 Å². The summed E-state index contributed by atoms with van der Waals surface area (Å²) in [5.41, 5.74) is 2.09. The van der Waals surface area contributed by atoms with Crippen molar-refractivity contribution < 1.29 is 24.3 Å². The van der Waals surface area contributed by atoms with Gasteiger partial charge in [0, 0.05) is 12.6 Å². The van der Waals surface area contributed by atoms with Gasteiger partial charge in [0.05, 0.1) is 28.5 Å². The highest BCUT2D eigenvalue weighted by Crippen LogP contribution is 2.34. The highest BCUT2D eigenvalue weighted by molar-refractivity contribution is 8.12. The molecule has 2 N–H and O–H groups in total. The van der Waals surface area contributed by atoms with Crippen molar-refractivity contribution in [2.24, 2.45) is 4.99 Å². The lowest BCUT2D eigenvalue weighted by Crippen LogP contribution is -2.31. The molecule has 0 spiro atoms. The number of anilines is 1. The van der Waals surface area contributed by atoms with E-state index in [1.54, 1.807) is 24.3 Å². The Kier molecular flexibility index (Phi) is 8.33. The fourth-order valence-electron chi connectivity index (χ4n) is 3.05. The first-order valence-corrected chi connectivity index (χ1v) is 11.7. The molecule has 1 amide bonds. The van der Waals surface area contributed by atoms with Gasteiger partial charge in [0.2, 0.25) is 4.91 Å². The zero-order chi connectivity index (χ0) is 23.3. The highest BCUT2D eigenvalue weighted by Gasteiger charge is 2.47. The summed E-state index contributed by atoms with van der Waals surface area (Å²) in [5.74, 6) is -0.0677. The van der Waals surface area contributed by atoms with Gasteiger partial charge in [-0.2, -0.15) is 0 Å². The molecule has 0 saturated carbocycles. The van der Waals surface area contributed by atoms with Crippen LogP contribution in [0.3, 0.4) is 0 Å². The maximum atomic E-state index is 13.3. The van der Waals surface area contributed by atoms with E-state index in [1.165, 1.54) is 11.0 Å². The number of aryl methyl sites for hydroxylation is 1. The van der Waals surface area contributed by atoms with Gasteiger partial charge in [0.15, 0.2) is 0 Å². The minimum Gasteiger partial charge on any atom is -0.604 e. The van der Waals surface area contributed by atoms with Crippen molar-refractivity contribution in [3.8, 4) is 5.75 Å². The molecule has 1 heterocycles. The molecule has 1 aliphatic heterocycles. The average Bonchev–Trinajstić information content (AvgIpc) is 3.01. The third kappa shape index (κ3) is 5.33. The number of benzene rings is 2. The van der Waals surface area contributed by atoms with Crippen LogP contribution in [0, 0.1) is 6.92 Å². The van der Waals surface area contributed by atoms with Crippen LogP contribution < -0.4 is 9.64 Å². The molecule has 0 aromatic heterocycles. The van der Waals surface area contributed by atoms with Crippen LogP contribution in [-0.2, 0) is 16.0 Å². The van der Waals surface area contributed by atoms with Crippen molar-refractivity contribution >= 4 is 45.6 Å². The lowest BCUT2D eigenvalue weighted by Gasteiger charge is -2.15. The van der Waals surface area contributed by atoms with Crippen LogP contribution in [0.2, 0.25) is 5.02 Å². The van der Waals surface area contributed by atoms with Crippen molar-refractivity contribution in [1.82, 2.24) is 0 Å². The molecule has 1 unspecified atom stereocenters. The first-order chi connectivity index (χ1) is 15.4. The third-order valence-corrected chi connectivity index (χ3v) is 6.32. The fourth-order valence-corrected chi connectivity index (χ4v) is 4.54. The normalized spacial score (nSPS) is 19.8. The number of ether oxygens (including phenoxy) is 1. The number of hydrogen-bond acceptors (Lipinski definition) is 6. The number of amidine groups is 1. The summed E-state index contributed by atoms with van der Waals surface area (Å²) in [6, 6.07) is 12.2. The lowest BCUT2D eigenvalue weighted by molar-refractivity contribution is -0.113. The minimum atomic E-state index is -1.74. The first kappa shape index (κ1) is 24.3. The zero-order valence-electron chi connectivity index (χ0n) is 17.8. The van der Waals surface area contributed by atoms with Crippen LogP contribution >= 0.6 is 11.6 Å². The Morgan fingerprint density at radius 2 is 2.06 bits per heavy atom. The number of nitrogens with zero attached hydrogens (tertiary/aromatic N) is 2. The Labute approximate surface area is 195 Å². The van der Waals surface area contributed by atoms with Gasteiger partial charge in [0.1, 0.15) is 18.5 Å². The van der Waals surface area contributed by atoms with Crippen LogP contribution in [0.1, 0.15) is 24.5 Å². The average molecular weight is 477 g/mol. The fraction of sp³-hybridized carbons (Fsp3) is 0.304. The van der Waals surface area contributed by atoms with Gasteiger partial charge in [-0.25, -0.2) is 9.89 Å². The van der Waals surface area contributed by atoms with Crippen molar-refractivity contribution in [3.05, 3.63) is 63.5 Å². The molecular formula is C23H25ClN2O5S. The minimum absolute atomic E-state index is 0.109. The number of para-hydroxylation sites is 1. The summed E-state index contributed by atoms with van der Waals surface area (Å²) in [5, 5.41) is 18.8. The monoisotopic (exact) mass is 476 g/mol. The maximum absolute atomic E-state index is 13.3. The van der Waals surface area contributed by atoms with Crippen molar-refractivity contribution in [3.63, 3.8) is 0 Å². The SMILES string of the molecule is CCC/N=C1/N(c2ccccc2C)C(=O)/C(=C\c2ccc(OC[C@@H](O)CO)c(Cl)c2)[S+]1[O-]. The molecule has 2 atom stereocenters. The summed E-state index contributed by atoms with van der Waals surface area (Å²) in [7, 11) is 0. The molecule has 170 valence electrons. The van der Waals surface area contributed by atoms with E-state index < -0.39 is 29.8 Å². The van der Waals surface area contributed by atoms with Gasteiger partial charge in [-0.15, -0.1) is 0 Å². The molecular weight excluding hydrogens is 452 g/mol. The van der Waals surface area contributed by atoms with E-state index in [0.717, 1.165) is 12.0 Å². The molecule has 0 bridgehead atoms. The Balaban J connectivity index is 1.94. The number of aliphatic hydroxyl groups is 2. The Bertz CT molecular complexity index is 1040. The number of aliphatic imine (C=N–C) groups is 1. The number of amides is 1. The molecule has 1 fully saturated rings. The molecule has 7 nitrogen and oxygen atoms in total. The smallest absolute Gasteiger partial charge is 0.332 e. The van der Waals surface area contributed by atoms with E-state index >= 15 is 0 Å². The highest BCUT2D eigenvalue weighted by atomic mass is 35.5. The van der Waals surface area contributed by atoms with Gasteiger partial charge >= 0.3 is 11.1 Å². The number of hydrogen-bond donors (Lipinski definition) is 2. The molecule has 2 aromatic carbocycles. The van der Waals surface area contributed by atoms with E-state index in [0.29, 0.717) is 23.5 Å². The topological polar surface area (TPSA) is 105 Å². The summed E-state index contributed by atoms with van der Waals surface area (Å²) >= 11 is 4.52. The largest absolute Gasteiger partial charge is 0.604 e. The number of halogens is 1. The van der Waals surface area contributed by atoms with Gasteiger partial charge in [0.25, 0.3) is 0 Å². The summed E-state index contributed by atoms with van der Waals surface area (Å²) in [4.78, 5) is 19.3. The number of rotatable bonds is 8. The van der Waals surface area contributed by atoms with E-state index in [4.69, 9.17) is 21.4 Å². The molecule has 2 aromatic rings. The second-order valence-electron chi connectivity index (χ2n) is 7.21. The summed E-state index contributed by atoms with van der Waals surface area (Å²) in [6.07, 6.45) is 1.29. The second kappa shape index (κ2) is 11.0. The van der Waals surface area contributed by atoms with Crippen LogP contribution in [0.4, 0.5) is 5.69 Å². The van der Waals surface area contributed by atoms with Crippen LogP contribution in [0.15, 0.2) is 52.4 Å². The molecule has 1 aliphatic rings. The van der Waals surface area contributed by atoms with Gasteiger partial charge in [-0.1, -0.05) is 42.8 Å². The van der Waals surface area contributed by atoms with Gasteiger partial charge < -0.3 is 19.5 Å². The lowest BCUT2D eigenvalue weighted by atomic mass is 10.1. The van der Waals surface area contributed by atoms with Crippen LogP contribution in [0.5, 0.6) is 5.75 Å². The van der Waals surface area contributed by atoms with Crippen molar-refractivity contribution in [2.75, 3.05) is 24.7 Å². The predicted molar refractivity (Wildman–Crippen MR) is 127 cm³/mol. The van der Waals surface area contributed by atoms with E-state index in [-0.39, 0.29) is 21.7 Å². The summed E-state index contributed by atoms with van der Waals surface area (Å²) in [6.45, 7) is 3.78. The van der Waals surface area contributed by atoms with Crippen LogP contribution in [0.25, 0.3) is 6.08 Å².